The van der Waals surface area contributed by atoms with Crippen LogP contribution in [0.2, 0.25) is 0 Å². The maximum atomic E-state index is 12.1. The van der Waals surface area contributed by atoms with Crippen LogP contribution in [0.1, 0.15) is 44.4 Å². The highest BCUT2D eigenvalue weighted by Crippen LogP contribution is 2.25. The Kier molecular flexibility index (Phi) is 3.93. The van der Waals surface area contributed by atoms with Crippen molar-refractivity contribution in [2.75, 3.05) is 0 Å². The van der Waals surface area contributed by atoms with Gasteiger partial charge in [0.25, 0.3) is 5.56 Å². The molecule has 102 valence electrons. The van der Waals surface area contributed by atoms with Crippen LogP contribution in [-0.2, 0) is 6.42 Å². The van der Waals surface area contributed by atoms with E-state index >= 15 is 0 Å². The van der Waals surface area contributed by atoms with Crippen molar-refractivity contribution in [3.05, 3.63) is 45.7 Å². The number of aromatic nitrogens is 2. The van der Waals surface area contributed by atoms with Gasteiger partial charge in [-0.2, -0.15) is 0 Å². The van der Waals surface area contributed by atoms with Crippen LogP contribution in [0.4, 0.5) is 0 Å². The molecule has 0 atom stereocenters. The van der Waals surface area contributed by atoms with Crippen molar-refractivity contribution in [2.45, 2.75) is 46.6 Å². The van der Waals surface area contributed by atoms with Gasteiger partial charge in [-0.3, -0.25) is 14.6 Å². The monoisotopic (exact) mass is 258 g/mol. The standard InChI is InChI=1S/C16H22N2O/c1-5-7-14-15(13-9-6-8-12(4)10-13)18(11(2)3)17-16(14)19/h6,8-11H,5,7H2,1-4H3,(H,17,19). The second-order valence-electron chi connectivity index (χ2n) is 5.35. The molecule has 3 heteroatoms. The highest BCUT2D eigenvalue weighted by Gasteiger charge is 2.17. The fraction of sp³-hybridized carbons (Fsp3) is 0.438. The van der Waals surface area contributed by atoms with Gasteiger partial charge in [-0.05, 0) is 33.3 Å². The second kappa shape index (κ2) is 5.47. The number of H-pyrrole nitrogens is 1. The summed E-state index contributed by atoms with van der Waals surface area (Å²) in [6.07, 6.45) is 1.79. The van der Waals surface area contributed by atoms with E-state index in [4.69, 9.17) is 0 Å². The van der Waals surface area contributed by atoms with Gasteiger partial charge in [0.05, 0.1) is 5.69 Å². The van der Waals surface area contributed by atoms with Gasteiger partial charge in [0.15, 0.2) is 0 Å². The summed E-state index contributed by atoms with van der Waals surface area (Å²) in [5.41, 5.74) is 4.33. The molecule has 3 nitrogen and oxygen atoms in total. The maximum absolute atomic E-state index is 12.1. The molecule has 0 saturated heterocycles. The first-order valence-corrected chi connectivity index (χ1v) is 6.95. The molecule has 0 radical (unpaired) electrons. The minimum atomic E-state index is 0.0482. The van der Waals surface area contributed by atoms with Crippen LogP contribution in [0.3, 0.4) is 0 Å². The number of aryl methyl sites for hydroxylation is 1. The van der Waals surface area contributed by atoms with Crippen molar-refractivity contribution in [2.24, 2.45) is 0 Å². The van der Waals surface area contributed by atoms with Gasteiger partial charge >= 0.3 is 0 Å². The molecule has 0 aliphatic heterocycles. The molecule has 1 aromatic heterocycles. The largest absolute Gasteiger partial charge is 0.282 e. The number of benzene rings is 1. The van der Waals surface area contributed by atoms with E-state index in [9.17, 15) is 4.79 Å². The first-order chi connectivity index (χ1) is 9.04. The highest BCUT2D eigenvalue weighted by molar-refractivity contribution is 5.64. The van der Waals surface area contributed by atoms with Crippen molar-refractivity contribution in [3.63, 3.8) is 0 Å². The molecule has 0 saturated carbocycles. The fourth-order valence-electron chi connectivity index (χ4n) is 2.46. The lowest BCUT2D eigenvalue weighted by Gasteiger charge is -2.14. The summed E-state index contributed by atoms with van der Waals surface area (Å²) in [5.74, 6) is 0. The Balaban J connectivity index is 2.68. The van der Waals surface area contributed by atoms with E-state index in [1.54, 1.807) is 0 Å². The summed E-state index contributed by atoms with van der Waals surface area (Å²) in [6, 6.07) is 8.58. The molecule has 0 bridgehead atoms. The molecule has 2 rings (SSSR count). The van der Waals surface area contributed by atoms with Crippen LogP contribution in [0, 0.1) is 6.92 Å². The lowest BCUT2D eigenvalue weighted by atomic mass is 10.0. The van der Waals surface area contributed by atoms with E-state index in [-0.39, 0.29) is 11.6 Å². The van der Waals surface area contributed by atoms with Gasteiger partial charge in [0, 0.05) is 17.2 Å². The van der Waals surface area contributed by atoms with Crippen molar-refractivity contribution in [3.8, 4) is 11.3 Å². The molecule has 0 fully saturated rings. The van der Waals surface area contributed by atoms with Crippen LogP contribution in [0.5, 0.6) is 0 Å². The summed E-state index contributed by atoms with van der Waals surface area (Å²) < 4.78 is 1.99. The van der Waals surface area contributed by atoms with Crippen molar-refractivity contribution in [1.29, 1.82) is 0 Å². The lowest BCUT2D eigenvalue weighted by molar-refractivity contribution is 0.534. The number of nitrogens with one attached hydrogen (secondary N) is 1. The first-order valence-electron chi connectivity index (χ1n) is 6.95. The molecule has 0 spiro atoms. The molecule has 0 unspecified atom stereocenters. The number of hydrogen-bond acceptors (Lipinski definition) is 1. The zero-order valence-electron chi connectivity index (χ0n) is 12.2. The normalized spacial score (nSPS) is 11.2. The predicted octanol–water partition coefficient (Wildman–Crippen LogP) is 3.69. The molecule has 1 heterocycles. The molecule has 0 amide bonds. The van der Waals surface area contributed by atoms with Crippen molar-refractivity contribution in [1.82, 2.24) is 9.78 Å². The minimum absolute atomic E-state index is 0.0482. The number of rotatable bonds is 4. The average Bonchev–Trinajstić information content (AvgIpc) is 2.68. The van der Waals surface area contributed by atoms with E-state index in [1.165, 1.54) is 5.56 Å². The molecule has 2 aromatic rings. The quantitative estimate of drug-likeness (QED) is 0.892. The molecule has 0 aliphatic carbocycles. The lowest BCUT2D eigenvalue weighted by Crippen LogP contribution is -2.09. The molecular weight excluding hydrogens is 236 g/mol. The molecule has 1 aromatic carbocycles. The van der Waals surface area contributed by atoms with Gasteiger partial charge in [0.2, 0.25) is 0 Å². The number of nitrogens with zero attached hydrogens (tertiary/aromatic N) is 1. The number of hydrogen-bond donors (Lipinski definition) is 1. The Labute approximate surface area is 114 Å². The topological polar surface area (TPSA) is 37.8 Å². The van der Waals surface area contributed by atoms with Crippen molar-refractivity contribution < 1.29 is 0 Å². The fourth-order valence-corrected chi connectivity index (χ4v) is 2.46. The van der Waals surface area contributed by atoms with E-state index < -0.39 is 0 Å². The third kappa shape index (κ3) is 2.65. The van der Waals surface area contributed by atoms with Crippen LogP contribution in [0.15, 0.2) is 29.1 Å². The Bertz CT molecular complexity index is 620. The molecule has 1 N–H and O–H groups in total. The number of aromatic amines is 1. The molecule has 0 aliphatic rings. The van der Waals surface area contributed by atoms with Crippen LogP contribution in [0.25, 0.3) is 11.3 Å². The Hall–Kier alpha value is -1.77. The highest BCUT2D eigenvalue weighted by atomic mass is 16.1. The summed E-state index contributed by atoms with van der Waals surface area (Å²) >= 11 is 0. The van der Waals surface area contributed by atoms with E-state index in [2.05, 4.69) is 51.0 Å². The smallest absolute Gasteiger partial charge is 0.267 e. The maximum Gasteiger partial charge on any atom is 0.267 e. The first kappa shape index (κ1) is 13.7. The van der Waals surface area contributed by atoms with Gasteiger partial charge in [0.1, 0.15) is 0 Å². The van der Waals surface area contributed by atoms with Crippen LogP contribution >= 0.6 is 0 Å². The SMILES string of the molecule is CCCc1c(-c2cccc(C)c2)n(C(C)C)[nH]c1=O. The van der Waals surface area contributed by atoms with Crippen LogP contribution < -0.4 is 5.56 Å². The van der Waals surface area contributed by atoms with Gasteiger partial charge in [-0.25, -0.2) is 0 Å². The Morgan fingerprint density at radius 2 is 2.05 bits per heavy atom. The summed E-state index contributed by atoms with van der Waals surface area (Å²) in [4.78, 5) is 12.1. The van der Waals surface area contributed by atoms with E-state index in [1.807, 2.05) is 10.7 Å². The third-order valence-corrected chi connectivity index (χ3v) is 3.33. The van der Waals surface area contributed by atoms with Crippen LogP contribution in [-0.4, -0.2) is 9.78 Å². The predicted molar refractivity (Wildman–Crippen MR) is 79.6 cm³/mol. The zero-order valence-corrected chi connectivity index (χ0v) is 12.2. The second-order valence-corrected chi connectivity index (χ2v) is 5.35. The Morgan fingerprint density at radius 3 is 2.63 bits per heavy atom. The van der Waals surface area contributed by atoms with Crippen molar-refractivity contribution >= 4 is 0 Å². The van der Waals surface area contributed by atoms with E-state index in [0.29, 0.717) is 0 Å². The Morgan fingerprint density at radius 1 is 1.32 bits per heavy atom. The molecule has 19 heavy (non-hydrogen) atoms. The zero-order chi connectivity index (χ0) is 14.0. The molecular formula is C16H22N2O. The summed E-state index contributed by atoms with van der Waals surface area (Å²) in [5, 5.41) is 2.98. The summed E-state index contributed by atoms with van der Waals surface area (Å²) in [6.45, 7) is 8.36. The third-order valence-electron chi connectivity index (χ3n) is 3.33. The van der Waals surface area contributed by atoms with Gasteiger partial charge in [-0.15, -0.1) is 0 Å². The van der Waals surface area contributed by atoms with Gasteiger partial charge in [-0.1, -0.05) is 37.1 Å². The summed E-state index contributed by atoms with van der Waals surface area (Å²) in [7, 11) is 0. The minimum Gasteiger partial charge on any atom is -0.282 e. The van der Waals surface area contributed by atoms with E-state index in [0.717, 1.165) is 29.7 Å². The van der Waals surface area contributed by atoms with Gasteiger partial charge < -0.3 is 0 Å². The average molecular weight is 258 g/mol.